The predicted molar refractivity (Wildman–Crippen MR) is 119 cm³/mol. The van der Waals surface area contributed by atoms with Crippen molar-refractivity contribution in [2.45, 2.75) is 38.9 Å². The second-order valence-corrected chi connectivity index (χ2v) is 7.50. The Morgan fingerprint density at radius 2 is 2.00 bits per heavy atom. The lowest BCUT2D eigenvalue weighted by Gasteiger charge is -2.35. The molecule has 6 heteroatoms. The third-order valence-corrected chi connectivity index (χ3v) is 5.15. The van der Waals surface area contributed by atoms with Gasteiger partial charge in [0.15, 0.2) is 6.10 Å². The smallest absolute Gasteiger partial charge is 0.335 e. The zero-order valence-corrected chi connectivity index (χ0v) is 18.1. The van der Waals surface area contributed by atoms with Crippen LogP contribution in [0.25, 0.3) is 0 Å². The molecule has 30 heavy (non-hydrogen) atoms. The van der Waals surface area contributed by atoms with Crippen LogP contribution in [0.15, 0.2) is 48.5 Å². The molecule has 0 radical (unpaired) electrons. The van der Waals surface area contributed by atoms with Gasteiger partial charge in [-0.3, -0.25) is 0 Å². The summed E-state index contributed by atoms with van der Waals surface area (Å²) >= 11 is 0. The molecule has 1 unspecified atom stereocenters. The van der Waals surface area contributed by atoms with Crippen LogP contribution in [0.2, 0.25) is 0 Å². The van der Waals surface area contributed by atoms with Gasteiger partial charge in [0.05, 0.1) is 18.8 Å². The molecule has 0 aromatic heterocycles. The topological polar surface area (TPSA) is 60.0 Å². The highest BCUT2D eigenvalue weighted by molar-refractivity contribution is 5.75. The van der Waals surface area contributed by atoms with Gasteiger partial charge in [-0.15, -0.1) is 0 Å². The van der Waals surface area contributed by atoms with Crippen molar-refractivity contribution < 1.29 is 19.0 Å². The van der Waals surface area contributed by atoms with Gasteiger partial charge in [-0.25, -0.2) is 4.79 Å². The Morgan fingerprint density at radius 1 is 1.23 bits per heavy atom. The average molecular weight is 413 g/mol. The number of carbonyl (C=O) groups is 1. The molecule has 2 aromatic rings. The third kappa shape index (κ3) is 5.89. The zero-order valence-electron chi connectivity index (χ0n) is 18.1. The lowest BCUT2D eigenvalue weighted by atomic mass is 10.1. The van der Waals surface area contributed by atoms with Crippen LogP contribution >= 0.6 is 0 Å². The van der Waals surface area contributed by atoms with E-state index < -0.39 is 6.10 Å². The lowest BCUT2D eigenvalue weighted by molar-refractivity contribution is -0.154. The molecular weight excluding hydrogens is 380 g/mol. The Bertz CT molecular complexity index is 809. The maximum atomic E-state index is 11.9. The van der Waals surface area contributed by atoms with E-state index in [1.807, 2.05) is 36.4 Å². The van der Waals surface area contributed by atoms with E-state index in [4.69, 9.17) is 14.2 Å². The number of anilines is 2. The lowest BCUT2D eigenvalue weighted by Crippen LogP contribution is -2.39. The summed E-state index contributed by atoms with van der Waals surface area (Å²) in [6.45, 7) is 7.04. The van der Waals surface area contributed by atoms with Crippen molar-refractivity contribution in [1.29, 1.82) is 0 Å². The number of hydrogen-bond donors (Lipinski definition) is 1. The number of methoxy groups -OCH3 is 1. The molecule has 0 fully saturated rings. The molecule has 1 heterocycles. The number of fused-ring (bicyclic) bond motifs is 1. The van der Waals surface area contributed by atoms with Crippen molar-refractivity contribution in [3.63, 3.8) is 0 Å². The normalized spacial score (nSPS) is 16.4. The third-order valence-electron chi connectivity index (χ3n) is 5.15. The van der Waals surface area contributed by atoms with Crippen molar-refractivity contribution in [3.8, 4) is 5.75 Å². The Balaban J connectivity index is 1.45. The highest BCUT2D eigenvalue weighted by Crippen LogP contribution is 2.32. The van der Waals surface area contributed by atoms with Crippen molar-refractivity contribution >= 4 is 17.3 Å². The summed E-state index contributed by atoms with van der Waals surface area (Å²) < 4.78 is 16.2. The van der Waals surface area contributed by atoms with Gasteiger partial charge >= 0.3 is 5.97 Å². The minimum Gasteiger partial charge on any atom is -0.487 e. The first-order valence-corrected chi connectivity index (χ1v) is 10.6. The van der Waals surface area contributed by atoms with E-state index in [0.29, 0.717) is 13.0 Å². The van der Waals surface area contributed by atoms with E-state index in [1.54, 1.807) is 6.92 Å². The van der Waals surface area contributed by atoms with Crippen molar-refractivity contribution in [2.24, 2.45) is 0 Å². The highest BCUT2D eigenvalue weighted by Gasteiger charge is 2.22. The molecule has 2 atom stereocenters. The van der Waals surface area contributed by atoms with Gasteiger partial charge in [0.1, 0.15) is 11.9 Å². The second-order valence-electron chi connectivity index (χ2n) is 7.50. The fourth-order valence-corrected chi connectivity index (χ4v) is 3.67. The summed E-state index contributed by atoms with van der Waals surface area (Å²) in [5, 5.41) is 3.48. The average Bonchev–Trinajstić information content (AvgIpc) is 2.75. The zero-order chi connectivity index (χ0) is 21.3. The van der Waals surface area contributed by atoms with E-state index in [9.17, 15) is 4.79 Å². The first-order chi connectivity index (χ1) is 14.6. The van der Waals surface area contributed by atoms with E-state index in [2.05, 4.69) is 29.3 Å². The molecule has 0 saturated carbocycles. The Labute approximate surface area is 179 Å². The number of nitrogens with zero attached hydrogens (tertiary/aromatic N) is 1. The van der Waals surface area contributed by atoms with Crippen LogP contribution in [0.1, 0.15) is 25.8 Å². The number of para-hydroxylation sites is 2. The Kier molecular flexibility index (Phi) is 7.97. The molecule has 0 spiro atoms. The first-order valence-electron chi connectivity index (χ1n) is 10.6. The van der Waals surface area contributed by atoms with Crippen molar-refractivity contribution in [1.82, 2.24) is 0 Å². The molecule has 1 N–H and O–H groups in total. The summed E-state index contributed by atoms with van der Waals surface area (Å²) in [6, 6.07) is 16.4. The van der Waals surface area contributed by atoms with Gasteiger partial charge in [-0.1, -0.05) is 24.3 Å². The summed E-state index contributed by atoms with van der Waals surface area (Å²) in [6.07, 6.45) is 1.16. The van der Waals surface area contributed by atoms with Gasteiger partial charge < -0.3 is 24.4 Å². The number of rotatable bonds is 10. The number of benzene rings is 2. The van der Waals surface area contributed by atoms with Gasteiger partial charge in [0.25, 0.3) is 0 Å². The molecule has 1 aliphatic heterocycles. The maximum Gasteiger partial charge on any atom is 0.335 e. The van der Waals surface area contributed by atoms with Gasteiger partial charge in [0, 0.05) is 32.3 Å². The molecule has 0 saturated heterocycles. The van der Waals surface area contributed by atoms with Crippen LogP contribution in [-0.2, 0) is 20.7 Å². The van der Waals surface area contributed by atoms with Crippen molar-refractivity contribution in [3.05, 3.63) is 54.1 Å². The second kappa shape index (κ2) is 10.9. The summed E-state index contributed by atoms with van der Waals surface area (Å²) in [5.74, 6) is 0.651. The monoisotopic (exact) mass is 412 g/mol. The molecule has 162 valence electrons. The molecule has 0 bridgehead atoms. The van der Waals surface area contributed by atoms with Gasteiger partial charge in [0.2, 0.25) is 0 Å². The number of nitrogens with one attached hydrogen (secondary N) is 1. The minimum absolute atomic E-state index is 0.200. The number of esters is 1. The largest absolute Gasteiger partial charge is 0.487 e. The van der Waals surface area contributed by atoms with Crippen LogP contribution < -0.4 is 15.0 Å². The van der Waals surface area contributed by atoms with E-state index >= 15 is 0 Å². The summed E-state index contributed by atoms with van der Waals surface area (Å²) in [5.41, 5.74) is 3.29. The predicted octanol–water partition coefficient (Wildman–Crippen LogP) is 3.90. The number of carbonyl (C=O) groups excluding carboxylic acids is 1. The molecular formula is C24H32N2O4. The fourth-order valence-electron chi connectivity index (χ4n) is 3.67. The SMILES string of the molecule is CCOC(=O)[C@H](Cc1ccc(NCCCN2CC(C)Oc3ccccc32)cc1)OC. The van der Waals surface area contributed by atoms with E-state index in [1.165, 1.54) is 12.8 Å². The molecule has 3 rings (SSSR count). The summed E-state index contributed by atoms with van der Waals surface area (Å²) in [7, 11) is 1.53. The molecule has 0 aliphatic carbocycles. The van der Waals surface area contributed by atoms with Gasteiger partial charge in [-0.05, 0) is 50.1 Å². The van der Waals surface area contributed by atoms with Crippen LogP contribution in [-0.4, -0.2) is 51.5 Å². The standard InChI is InChI=1S/C24H32N2O4/c1-4-29-24(27)23(28-3)16-19-10-12-20(13-11-19)25-14-7-15-26-17-18(2)30-22-9-6-5-8-21(22)26/h5-6,8-13,18,23,25H,4,7,14-17H2,1-3H3/t18?,23-/m0/s1. The highest BCUT2D eigenvalue weighted by atomic mass is 16.6. The van der Waals surface area contributed by atoms with Crippen LogP contribution in [0.3, 0.4) is 0 Å². The fraction of sp³-hybridized carbons (Fsp3) is 0.458. The molecule has 6 nitrogen and oxygen atoms in total. The van der Waals surface area contributed by atoms with E-state index in [-0.39, 0.29) is 12.1 Å². The Morgan fingerprint density at radius 3 is 2.73 bits per heavy atom. The maximum absolute atomic E-state index is 11.9. The minimum atomic E-state index is -0.567. The van der Waals surface area contributed by atoms with Crippen LogP contribution in [0.5, 0.6) is 5.75 Å². The van der Waals surface area contributed by atoms with Gasteiger partial charge in [-0.2, -0.15) is 0 Å². The molecule has 0 amide bonds. The first kappa shape index (κ1) is 22.0. The molecule has 2 aromatic carbocycles. The van der Waals surface area contributed by atoms with Crippen LogP contribution in [0.4, 0.5) is 11.4 Å². The molecule has 1 aliphatic rings. The van der Waals surface area contributed by atoms with E-state index in [0.717, 1.165) is 43.1 Å². The number of ether oxygens (including phenoxy) is 3. The van der Waals surface area contributed by atoms with Crippen molar-refractivity contribution in [2.75, 3.05) is 43.6 Å². The Hall–Kier alpha value is -2.73. The van der Waals surface area contributed by atoms with Crippen LogP contribution in [0, 0.1) is 0 Å². The summed E-state index contributed by atoms with van der Waals surface area (Å²) in [4.78, 5) is 14.3. The quantitative estimate of drug-likeness (QED) is 0.472. The number of hydrogen-bond acceptors (Lipinski definition) is 6.